The molecule has 2 aromatic rings. The molecule has 88 valence electrons. The van der Waals surface area contributed by atoms with Gasteiger partial charge in [-0.25, -0.2) is 0 Å². The van der Waals surface area contributed by atoms with Crippen molar-refractivity contribution in [3.05, 3.63) is 41.4 Å². The van der Waals surface area contributed by atoms with Gasteiger partial charge < -0.3 is 16.3 Å². The first-order valence-corrected chi connectivity index (χ1v) is 4.95. The Bertz CT molecular complexity index is 565. The van der Waals surface area contributed by atoms with E-state index in [0.29, 0.717) is 11.4 Å². The van der Waals surface area contributed by atoms with Gasteiger partial charge in [-0.1, -0.05) is 40.3 Å². The molecule has 1 aromatic carbocycles. The van der Waals surface area contributed by atoms with E-state index in [9.17, 15) is 5.21 Å². The quantitative estimate of drug-likeness (QED) is 0.564. The number of hydrogen-bond acceptors (Lipinski definition) is 6. The Balaban J connectivity index is 2.17. The van der Waals surface area contributed by atoms with Crippen molar-refractivity contribution in [3.63, 3.8) is 0 Å². The maximum atomic E-state index is 9.24. The van der Waals surface area contributed by atoms with Gasteiger partial charge in [0.15, 0.2) is 5.82 Å². The van der Waals surface area contributed by atoms with Gasteiger partial charge in [-0.2, -0.15) is 4.98 Å². The predicted octanol–water partition coefficient (Wildman–Crippen LogP) is 0.189. The Labute approximate surface area is 97.0 Å². The number of nitrogen functional groups attached to an aromatic ring is 1. The van der Waals surface area contributed by atoms with Gasteiger partial charge in [0, 0.05) is 6.54 Å². The molecule has 0 atom stereocenters. The van der Waals surface area contributed by atoms with Crippen LogP contribution in [0, 0.1) is 5.41 Å². The van der Waals surface area contributed by atoms with Crippen LogP contribution < -0.4 is 16.5 Å². The summed E-state index contributed by atoms with van der Waals surface area (Å²) in [6, 6.07) is 9.63. The van der Waals surface area contributed by atoms with Crippen LogP contribution in [0.3, 0.4) is 0 Å². The number of aromatic nitrogens is 3. The molecule has 0 spiro atoms. The van der Waals surface area contributed by atoms with E-state index in [1.165, 1.54) is 0 Å². The minimum Gasteiger partial charge on any atom is -0.410 e. The van der Waals surface area contributed by atoms with Crippen molar-refractivity contribution in [2.45, 2.75) is 6.54 Å². The Morgan fingerprint density at radius 2 is 2.06 bits per heavy atom. The van der Waals surface area contributed by atoms with Gasteiger partial charge in [-0.15, -0.1) is 0 Å². The summed E-state index contributed by atoms with van der Waals surface area (Å²) in [6.45, 7) is 0.489. The highest BCUT2D eigenvalue weighted by Crippen LogP contribution is 2.02. The minimum atomic E-state index is -0.241. The molecule has 0 bridgehead atoms. The Hall–Kier alpha value is -2.57. The van der Waals surface area contributed by atoms with E-state index in [0.717, 1.165) is 5.56 Å². The van der Waals surface area contributed by atoms with Crippen molar-refractivity contribution < 1.29 is 5.21 Å². The topological polar surface area (TPSA) is 113 Å². The molecule has 2 rings (SSSR count). The zero-order valence-corrected chi connectivity index (χ0v) is 8.96. The van der Waals surface area contributed by atoms with E-state index in [4.69, 9.17) is 11.1 Å². The average molecular weight is 232 g/mol. The molecular formula is C10H12N6O. The Morgan fingerprint density at radius 1 is 1.35 bits per heavy atom. The highest BCUT2D eigenvalue weighted by molar-refractivity contribution is 5.35. The summed E-state index contributed by atoms with van der Waals surface area (Å²) >= 11 is 0. The summed E-state index contributed by atoms with van der Waals surface area (Å²) in [5, 5.41) is 23.1. The molecule has 0 aliphatic carbocycles. The third kappa shape index (κ3) is 2.51. The molecule has 17 heavy (non-hydrogen) atoms. The molecule has 0 unspecified atom stereocenters. The second-order valence-corrected chi connectivity index (χ2v) is 3.40. The fourth-order valence-corrected chi connectivity index (χ4v) is 1.34. The van der Waals surface area contributed by atoms with E-state index < -0.39 is 0 Å². The number of rotatable bonds is 3. The van der Waals surface area contributed by atoms with Crippen LogP contribution in [0.15, 0.2) is 30.3 Å². The number of anilines is 2. The minimum absolute atomic E-state index is 0.0981. The largest absolute Gasteiger partial charge is 0.410 e. The van der Waals surface area contributed by atoms with Crippen molar-refractivity contribution in [2.75, 3.05) is 11.1 Å². The van der Waals surface area contributed by atoms with Crippen LogP contribution >= 0.6 is 0 Å². The van der Waals surface area contributed by atoms with E-state index in [1.807, 2.05) is 30.3 Å². The first kappa shape index (κ1) is 10.9. The molecule has 0 amide bonds. The monoisotopic (exact) mass is 232 g/mol. The molecule has 0 aliphatic rings. The van der Waals surface area contributed by atoms with E-state index in [2.05, 4.69) is 15.4 Å². The maximum absolute atomic E-state index is 9.24. The van der Waals surface area contributed by atoms with Gasteiger partial charge in [-0.05, 0) is 5.56 Å². The average Bonchev–Trinajstić information content (AvgIpc) is 2.33. The molecule has 1 heterocycles. The first-order chi connectivity index (χ1) is 8.16. The zero-order valence-electron chi connectivity index (χ0n) is 8.96. The summed E-state index contributed by atoms with van der Waals surface area (Å²) in [5.74, 6) is 0.0860. The molecule has 1 aromatic heterocycles. The Kier molecular flexibility index (Phi) is 2.91. The summed E-state index contributed by atoms with van der Waals surface area (Å²) in [6.07, 6.45) is 0. The summed E-state index contributed by atoms with van der Waals surface area (Å²) in [4.78, 5) is 4.22. The molecular weight excluding hydrogens is 220 g/mol. The number of nitrogens with zero attached hydrogens (tertiary/aromatic N) is 3. The number of nitrogens with two attached hydrogens (primary N) is 1. The van der Waals surface area contributed by atoms with E-state index >= 15 is 0 Å². The lowest BCUT2D eigenvalue weighted by molar-refractivity contribution is 0.130. The van der Waals surface area contributed by atoms with Crippen molar-refractivity contribution in [1.29, 1.82) is 5.41 Å². The summed E-state index contributed by atoms with van der Waals surface area (Å²) in [5.41, 5.74) is 6.17. The van der Waals surface area contributed by atoms with Crippen LogP contribution in [0.1, 0.15) is 5.56 Å². The normalized spacial score (nSPS) is 10.1. The van der Waals surface area contributed by atoms with E-state index in [1.54, 1.807) is 0 Å². The third-order valence-electron chi connectivity index (χ3n) is 2.15. The fourth-order valence-electron chi connectivity index (χ4n) is 1.34. The second kappa shape index (κ2) is 4.52. The molecule has 0 saturated carbocycles. The smallest absolute Gasteiger partial charge is 0.243 e. The third-order valence-corrected chi connectivity index (χ3v) is 2.15. The lowest BCUT2D eigenvalue weighted by Gasteiger charge is -2.07. The predicted molar refractivity (Wildman–Crippen MR) is 61.2 cm³/mol. The van der Waals surface area contributed by atoms with Crippen LogP contribution in [-0.2, 0) is 6.54 Å². The van der Waals surface area contributed by atoms with Gasteiger partial charge in [0.1, 0.15) is 0 Å². The number of benzene rings is 1. The van der Waals surface area contributed by atoms with Crippen molar-refractivity contribution in [1.82, 2.24) is 14.9 Å². The zero-order chi connectivity index (χ0) is 12.3. The fraction of sp³-hybridized carbons (Fsp3) is 0.100. The molecule has 0 fully saturated rings. The summed E-state index contributed by atoms with van der Waals surface area (Å²) in [7, 11) is 0. The van der Waals surface area contributed by atoms with Crippen LogP contribution in [0.2, 0.25) is 0 Å². The lowest BCUT2D eigenvalue weighted by atomic mass is 10.2. The van der Waals surface area contributed by atoms with Crippen molar-refractivity contribution >= 4 is 11.8 Å². The molecule has 7 heteroatoms. The molecule has 5 N–H and O–H groups in total. The maximum Gasteiger partial charge on any atom is 0.243 e. The SMILES string of the molecule is N=c1c(NCc2ccccc2)nc(N)nn1O. The Morgan fingerprint density at radius 3 is 2.76 bits per heavy atom. The van der Waals surface area contributed by atoms with Crippen LogP contribution in [0.5, 0.6) is 0 Å². The highest BCUT2D eigenvalue weighted by Gasteiger charge is 2.04. The van der Waals surface area contributed by atoms with Gasteiger partial charge >= 0.3 is 0 Å². The molecule has 0 aliphatic heterocycles. The van der Waals surface area contributed by atoms with E-state index in [-0.39, 0.29) is 17.3 Å². The van der Waals surface area contributed by atoms with Gasteiger partial charge in [0.05, 0.1) is 0 Å². The van der Waals surface area contributed by atoms with Gasteiger partial charge in [0.2, 0.25) is 11.4 Å². The number of nitrogens with one attached hydrogen (secondary N) is 2. The summed E-state index contributed by atoms with van der Waals surface area (Å²) < 4.78 is 0. The molecule has 7 nitrogen and oxygen atoms in total. The van der Waals surface area contributed by atoms with Gasteiger partial charge in [0.25, 0.3) is 0 Å². The first-order valence-electron chi connectivity index (χ1n) is 4.95. The van der Waals surface area contributed by atoms with Crippen LogP contribution in [0.25, 0.3) is 0 Å². The van der Waals surface area contributed by atoms with Crippen LogP contribution in [0.4, 0.5) is 11.8 Å². The highest BCUT2D eigenvalue weighted by atomic mass is 16.5. The second-order valence-electron chi connectivity index (χ2n) is 3.40. The van der Waals surface area contributed by atoms with Crippen LogP contribution in [-0.4, -0.2) is 20.1 Å². The standard InChI is InChI=1S/C10H12N6O/c11-8-9(14-10(12)15-16(8)17)13-6-7-4-2-1-3-5-7/h1-5,11,17H,6H2,(H3,12,13,14,15). The molecule has 0 radical (unpaired) electrons. The van der Waals surface area contributed by atoms with Gasteiger partial charge in [-0.3, -0.25) is 5.41 Å². The van der Waals surface area contributed by atoms with Crippen molar-refractivity contribution in [3.8, 4) is 0 Å². The van der Waals surface area contributed by atoms with Crippen molar-refractivity contribution in [2.24, 2.45) is 0 Å². The molecule has 0 saturated heterocycles. The lowest BCUT2D eigenvalue weighted by Crippen LogP contribution is -2.27. The number of hydrogen-bond donors (Lipinski definition) is 4.